The molecule has 19 heavy (non-hydrogen) atoms. The zero-order chi connectivity index (χ0) is 14.1. The summed E-state index contributed by atoms with van der Waals surface area (Å²) in [5.74, 6) is 0. The number of benzene rings is 1. The lowest BCUT2D eigenvalue weighted by Gasteiger charge is -2.08. The third kappa shape index (κ3) is 5.61. The van der Waals surface area contributed by atoms with Crippen LogP contribution in [0.3, 0.4) is 0 Å². The molecule has 0 aliphatic carbocycles. The van der Waals surface area contributed by atoms with Crippen molar-refractivity contribution in [3.8, 4) is 0 Å². The van der Waals surface area contributed by atoms with Crippen LogP contribution in [-0.2, 0) is 10.0 Å². The number of unbranched alkanes of at least 4 members (excludes halogenated alkanes) is 3. The molecule has 0 fully saturated rings. The van der Waals surface area contributed by atoms with E-state index in [0.717, 1.165) is 37.9 Å². The average molecular weight is 284 g/mol. The smallest absolute Gasteiger partial charge is 0.240 e. The van der Waals surface area contributed by atoms with Crippen molar-refractivity contribution in [3.63, 3.8) is 0 Å². The first-order valence-electron chi connectivity index (χ1n) is 6.93. The molecular formula is C14H24N2O2S. The first-order chi connectivity index (χ1) is 9.10. The van der Waals surface area contributed by atoms with E-state index in [2.05, 4.69) is 17.0 Å². The minimum atomic E-state index is -3.36. The normalized spacial score (nSPS) is 11.5. The van der Waals surface area contributed by atoms with Crippen molar-refractivity contribution >= 4 is 15.7 Å². The quantitative estimate of drug-likeness (QED) is 0.685. The van der Waals surface area contributed by atoms with Gasteiger partial charge in [0.05, 0.1) is 4.90 Å². The van der Waals surface area contributed by atoms with Crippen molar-refractivity contribution in [2.75, 3.05) is 18.4 Å². The summed E-state index contributed by atoms with van der Waals surface area (Å²) >= 11 is 0. The van der Waals surface area contributed by atoms with E-state index in [4.69, 9.17) is 0 Å². The zero-order valence-corrected chi connectivity index (χ0v) is 12.6. The van der Waals surface area contributed by atoms with Crippen molar-refractivity contribution in [3.05, 3.63) is 24.3 Å². The molecule has 0 aromatic heterocycles. The van der Waals surface area contributed by atoms with Gasteiger partial charge in [-0.25, -0.2) is 13.1 Å². The van der Waals surface area contributed by atoms with E-state index in [9.17, 15) is 8.42 Å². The summed E-state index contributed by atoms with van der Waals surface area (Å²) in [6, 6.07) is 6.84. The average Bonchev–Trinajstić information content (AvgIpc) is 2.39. The van der Waals surface area contributed by atoms with E-state index >= 15 is 0 Å². The molecular weight excluding hydrogens is 260 g/mol. The summed E-state index contributed by atoms with van der Waals surface area (Å²) in [7, 11) is -3.36. The lowest BCUT2D eigenvalue weighted by Crippen LogP contribution is -2.24. The van der Waals surface area contributed by atoms with Gasteiger partial charge in [-0.15, -0.1) is 0 Å². The monoisotopic (exact) mass is 284 g/mol. The van der Waals surface area contributed by atoms with Gasteiger partial charge < -0.3 is 5.32 Å². The van der Waals surface area contributed by atoms with Gasteiger partial charge in [-0.1, -0.05) is 26.2 Å². The second kappa shape index (κ2) is 8.17. The number of hydrogen-bond acceptors (Lipinski definition) is 3. The van der Waals surface area contributed by atoms with Gasteiger partial charge in [0.25, 0.3) is 0 Å². The van der Waals surface area contributed by atoms with Crippen LogP contribution < -0.4 is 10.0 Å². The maximum absolute atomic E-state index is 12.0. The van der Waals surface area contributed by atoms with Crippen LogP contribution >= 0.6 is 0 Å². The largest absolute Gasteiger partial charge is 0.385 e. The van der Waals surface area contributed by atoms with Crippen LogP contribution in [-0.4, -0.2) is 21.5 Å². The van der Waals surface area contributed by atoms with Crippen LogP contribution in [0.1, 0.15) is 39.5 Å². The minimum absolute atomic E-state index is 0.324. The highest BCUT2D eigenvalue weighted by molar-refractivity contribution is 7.89. The Morgan fingerprint density at radius 1 is 1.00 bits per heavy atom. The number of hydrogen-bond donors (Lipinski definition) is 2. The van der Waals surface area contributed by atoms with Crippen LogP contribution in [0.2, 0.25) is 0 Å². The number of sulfonamides is 1. The summed E-state index contributed by atoms with van der Waals surface area (Å²) in [6.45, 7) is 5.47. The molecule has 0 aliphatic heterocycles. The topological polar surface area (TPSA) is 58.2 Å². The molecule has 1 aromatic rings. The van der Waals surface area contributed by atoms with E-state index in [1.807, 2.05) is 6.92 Å². The van der Waals surface area contributed by atoms with E-state index in [1.165, 1.54) is 0 Å². The van der Waals surface area contributed by atoms with Crippen molar-refractivity contribution in [2.24, 2.45) is 0 Å². The molecule has 0 atom stereocenters. The molecule has 0 saturated carbocycles. The Kier molecular flexibility index (Phi) is 6.87. The van der Waals surface area contributed by atoms with Crippen LogP contribution in [0.25, 0.3) is 0 Å². The molecule has 0 aliphatic rings. The van der Waals surface area contributed by atoms with Gasteiger partial charge in [0.15, 0.2) is 0 Å². The van der Waals surface area contributed by atoms with Gasteiger partial charge in [-0.05, 0) is 37.6 Å². The summed E-state index contributed by atoms with van der Waals surface area (Å²) in [5, 5.41) is 3.14. The molecule has 0 heterocycles. The van der Waals surface area contributed by atoms with Crippen molar-refractivity contribution < 1.29 is 8.42 Å². The van der Waals surface area contributed by atoms with E-state index in [0.29, 0.717) is 11.4 Å². The molecule has 0 saturated heterocycles. The molecule has 0 radical (unpaired) electrons. The standard InChI is InChI=1S/C14H24N2O2S/c1-3-5-6-7-12-16-19(17,18)14-10-8-13(9-11-14)15-4-2/h8-11,15-16H,3-7,12H2,1-2H3. The highest BCUT2D eigenvalue weighted by atomic mass is 32.2. The van der Waals surface area contributed by atoms with E-state index in [1.54, 1.807) is 24.3 Å². The van der Waals surface area contributed by atoms with Gasteiger partial charge >= 0.3 is 0 Å². The van der Waals surface area contributed by atoms with Crippen LogP contribution in [0, 0.1) is 0 Å². The van der Waals surface area contributed by atoms with Crippen molar-refractivity contribution in [1.29, 1.82) is 0 Å². The molecule has 1 aromatic carbocycles. The fourth-order valence-electron chi connectivity index (χ4n) is 1.80. The number of rotatable bonds is 9. The highest BCUT2D eigenvalue weighted by Crippen LogP contribution is 2.13. The molecule has 4 nitrogen and oxygen atoms in total. The van der Waals surface area contributed by atoms with Crippen molar-refractivity contribution in [2.45, 2.75) is 44.4 Å². The minimum Gasteiger partial charge on any atom is -0.385 e. The zero-order valence-electron chi connectivity index (χ0n) is 11.8. The molecule has 5 heteroatoms. The number of anilines is 1. The third-order valence-electron chi connectivity index (χ3n) is 2.87. The molecule has 0 unspecified atom stereocenters. The Bertz CT molecular complexity index is 455. The Balaban J connectivity index is 2.52. The van der Waals surface area contributed by atoms with Crippen molar-refractivity contribution in [1.82, 2.24) is 4.72 Å². The maximum Gasteiger partial charge on any atom is 0.240 e. The van der Waals surface area contributed by atoms with Gasteiger partial charge in [-0.3, -0.25) is 0 Å². The molecule has 108 valence electrons. The fourth-order valence-corrected chi connectivity index (χ4v) is 2.87. The molecule has 0 amide bonds. The summed E-state index contributed by atoms with van der Waals surface area (Å²) in [6.07, 6.45) is 4.26. The second-order valence-electron chi connectivity index (χ2n) is 4.51. The lowest BCUT2D eigenvalue weighted by atomic mass is 10.2. The first kappa shape index (κ1) is 16.0. The second-order valence-corrected chi connectivity index (χ2v) is 6.28. The Labute approximate surface area is 116 Å². The number of nitrogens with one attached hydrogen (secondary N) is 2. The maximum atomic E-state index is 12.0. The van der Waals surface area contributed by atoms with Gasteiger partial charge in [-0.2, -0.15) is 0 Å². The van der Waals surface area contributed by atoms with Gasteiger partial charge in [0.1, 0.15) is 0 Å². The van der Waals surface area contributed by atoms with Crippen LogP contribution in [0.5, 0.6) is 0 Å². The summed E-state index contributed by atoms with van der Waals surface area (Å²) in [4.78, 5) is 0.324. The highest BCUT2D eigenvalue weighted by Gasteiger charge is 2.12. The van der Waals surface area contributed by atoms with Crippen LogP contribution in [0.15, 0.2) is 29.2 Å². The molecule has 2 N–H and O–H groups in total. The Morgan fingerprint density at radius 3 is 2.26 bits per heavy atom. The third-order valence-corrected chi connectivity index (χ3v) is 4.34. The van der Waals surface area contributed by atoms with E-state index in [-0.39, 0.29) is 0 Å². The fraction of sp³-hybridized carbons (Fsp3) is 0.571. The molecule has 0 bridgehead atoms. The van der Waals surface area contributed by atoms with Gasteiger partial charge in [0.2, 0.25) is 10.0 Å². The molecule has 1 rings (SSSR count). The summed E-state index contributed by atoms with van der Waals surface area (Å²) in [5.41, 5.74) is 0.935. The Morgan fingerprint density at radius 2 is 1.68 bits per heavy atom. The Hall–Kier alpha value is -1.07. The SMILES string of the molecule is CCCCCCNS(=O)(=O)c1ccc(NCC)cc1. The predicted molar refractivity (Wildman–Crippen MR) is 79.9 cm³/mol. The lowest BCUT2D eigenvalue weighted by molar-refractivity contribution is 0.573. The first-order valence-corrected chi connectivity index (χ1v) is 8.42. The molecule has 0 spiro atoms. The van der Waals surface area contributed by atoms with Crippen LogP contribution in [0.4, 0.5) is 5.69 Å². The summed E-state index contributed by atoms with van der Waals surface area (Å²) < 4.78 is 26.6. The van der Waals surface area contributed by atoms with Gasteiger partial charge in [0, 0.05) is 18.8 Å². The van der Waals surface area contributed by atoms with E-state index < -0.39 is 10.0 Å². The predicted octanol–water partition coefficient (Wildman–Crippen LogP) is 2.98.